The van der Waals surface area contributed by atoms with Crippen molar-refractivity contribution in [1.29, 1.82) is 0 Å². The highest BCUT2D eigenvalue weighted by Gasteiger charge is 2.45. The average Bonchev–Trinajstić information content (AvgIpc) is 2.86. The number of carbonyl (C=O) groups excluding carboxylic acids is 1. The normalized spacial score (nSPS) is 28.5. The van der Waals surface area contributed by atoms with E-state index >= 15 is 0 Å². The van der Waals surface area contributed by atoms with E-state index in [1.165, 1.54) is 0 Å². The first-order chi connectivity index (χ1) is 11.8. The molecule has 1 aliphatic rings. The zero-order chi connectivity index (χ0) is 18.7. The first-order valence-corrected chi connectivity index (χ1v) is 7.88. The van der Waals surface area contributed by atoms with E-state index < -0.39 is 47.8 Å². The quantitative estimate of drug-likeness (QED) is 0.400. The molecule has 1 fully saturated rings. The summed E-state index contributed by atoms with van der Waals surface area (Å²) in [5.41, 5.74) is 4.14. The van der Waals surface area contributed by atoms with Gasteiger partial charge in [0, 0.05) is 0 Å². The fourth-order valence-electron chi connectivity index (χ4n) is 2.36. The van der Waals surface area contributed by atoms with Gasteiger partial charge in [-0.05, 0) is 5.92 Å². The van der Waals surface area contributed by atoms with Crippen LogP contribution < -0.4 is 17.0 Å². The Labute approximate surface area is 142 Å². The molecule has 2 rings (SSSR count). The molecule has 0 radical (unpaired) electrons. The Bertz CT molecular complexity index is 718. The lowest BCUT2D eigenvalue weighted by Gasteiger charge is -2.19. The maximum atomic E-state index is 11.9. The van der Waals surface area contributed by atoms with Crippen LogP contribution in [-0.2, 0) is 14.3 Å². The second kappa shape index (κ2) is 7.87. The second-order valence-electron chi connectivity index (χ2n) is 5.97. The molecule has 0 aliphatic carbocycles. The molecule has 1 saturated heterocycles. The zero-order valence-corrected chi connectivity index (χ0v) is 13.9. The third-order valence-corrected chi connectivity index (χ3v) is 4.23. The summed E-state index contributed by atoms with van der Waals surface area (Å²) < 4.78 is 11.1. The number of rotatable bonds is 6. The minimum Gasteiger partial charge on any atom is -0.462 e. The van der Waals surface area contributed by atoms with E-state index in [1.807, 2.05) is 11.9 Å². The van der Waals surface area contributed by atoms with Gasteiger partial charge < -0.3 is 25.4 Å². The van der Waals surface area contributed by atoms with Crippen LogP contribution in [0.25, 0.3) is 0 Å². The number of nitrogens with zero attached hydrogens (tertiary/aromatic N) is 2. The van der Waals surface area contributed by atoms with Crippen LogP contribution >= 0.6 is 0 Å². The number of aromatic nitrogens is 3. The van der Waals surface area contributed by atoms with Crippen molar-refractivity contribution in [3.63, 3.8) is 0 Å². The van der Waals surface area contributed by atoms with E-state index in [9.17, 15) is 24.6 Å². The molecule has 11 heteroatoms. The smallest absolute Gasteiger partial charge is 0.347 e. The number of aliphatic hydroxyl groups is 2. The molecule has 11 nitrogen and oxygen atoms in total. The molecular weight excluding hydrogens is 336 g/mol. The molecule has 0 aromatic carbocycles. The molecule has 0 amide bonds. The Morgan fingerprint density at radius 3 is 2.76 bits per heavy atom. The van der Waals surface area contributed by atoms with Gasteiger partial charge in [0.05, 0.1) is 0 Å². The minimum atomic E-state index is -1.50. The van der Waals surface area contributed by atoms with Crippen LogP contribution in [0.1, 0.15) is 26.5 Å². The number of nitrogens with two attached hydrogens (primary N) is 1. The molecule has 140 valence electrons. The average molecular weight is 358 g/mol. The molecule has 0 bridgehead atoms. The Morgan fingerprint density at radius 2 is 2.16 bits per heavy atom. The molecule has 2 heterocycles. The SMILES string of the molecule is CC[C@@H](C)[C@@H](N)C(=O)OC[C@H]1O[C@@H](n2ncc(=O)[nH]c2=O)[C@@H](O)[C@H]1O. The van der Waals surface area contributed by atoms with Gasteiger partial charge in [-0.15, -0.1) is 0 Å². The number of ether oxygens (including phenoxy) is 2. The van der Waals surface area contributed by atoms with Gasteiger partial charge in [-0.25, -0.2) is 4.79 Å². The summed E-state index contributed by atoms with van der Waals surface area (Å²) in [4.78, 5) is 36.6. The number of hydrogen-bond donors (Lipinski definition) is 4. The van der Waals surface area contributed by atoms with Crippen LogP contribution in [0.15, 0.2) is 15.8 Å². The van der Waals surface area contributed by atoms with E-state index in [-0.39, 0.29) is 12.5 Å². The predicted molar refractivity (Wildman–Crippen MR) is 83.4 cm³/mol. The molecular formula is C14H22N4O7. The van der Waals surface area contributed by atoms with Crippen molar-refractivity contribution in [2.75, 3.05) is 6.61 Å². The van der Waals surface area contributed by atoms with Gasteiger partial charge >= 0.3 is 11.7 Å². The standard InChI is InChI=1S/C14H22N4O7/c1-3-6(2)9(15)13(22)24-5-7-10(20)11(21)12(25-7)18-14(23)17-8(19)4-16-18/h4,6-7,9-12,20-21H,3,5,15H2,1-2H3,(H,17,19,23)/t6-,7-,9-,10+,11+,12-/m1/s1. The molecule has 0 spiro atoms. The van der Waals surface area contributed by atoms with Crippen LogP contribution in [0, 0.1) is 5.92 Å². The van der Waals surface area contributed by atoms with Gasteiger partial charge in [0.1, 0.15) is 37.2 Å². The number of aliphatic hydroxyl groups excluding tert-OH is 2. The van der Waals surface area contributed by atoms with Crippen LogP contribution in [-0.4, -0.2) is 61.9 Å². The molecule has 25 heavy (non-hydrogen) atoms. The zero-order valence-electron chi connectivity index (χ0n) is 13.9. The van der Waals surface area contributed by atoms with Gasteiger partial charge in [0.25, 0.3) is 5.56 Å². The maximum Gasteiger partial charge on any atom is 0.347 e. The number of aromatic amines is 1. The number of hydrogen-bond acceptors (Lipinski definition) is 9. The number of carbonyl (C=O) groups is 1. The third-order valence-electron chi connectivity index (χ3n) is 4.23. The van der Waals surface area contributed by atoms with Gasteiger partial charge in [0.2, 0.25) is 0 Å². The molecule has 1 aromatic rings. The molecule has 0 saturated carbocycles. The summed E-state index contributed by atoms with van der Waals surface area (Å²) in [5, 5.41) is 23.6. The molecule has 0 unspecified atom stereocenters. The van der Waals surface area contributed by atoms with E-state index in [0.717, 1.165) is 6.20 Å². The van der Waals surface area contributed by atoms with Gasteiger partial charge in [-0.3, -0.25) is 14.6 Å². The summed E-state index contributed by atoms with van der Waals surface area (Å²) in [6, 6.07) is -0.812. The first-order valence-electron chi connectivity index (χ1n) is 7.88. The highest BCUT2D eigenvalue weighted by Crippen LogP contribution is 2.28. The Morgan fingerprint density at radius 1 is 1.48 bits per heavy atom. The van der Waals surface area contributed by atoms with Crippen molar-refractivity contribution < 1.29 is 24.5 Å². The number of nitrogens with one attached hydrogen (secondary N) is 1. The lowest BCUT2D eigenvalue weighted by Crippen LogP contribution is -2.41. The Hall–Kier alpha value is -2.08. The first kappa shape index (κ1) is 19.2. The highest BCUT2D eigenvalue weighted by atomic mass is 16.6. The van der Waals surface area contributed by atoms with E-state index in [1.54, 1.807) is 6.92 Å². The van der Waals surface area contributed by atoms with E-state index in [4.69, 9.17) is 15.2 Å². The topological polar surface area (TPSA) is 170 Å². The predicted octanol–water partition coefficient (Wildman–Crippen LogP) is -2.53. The van der Waals surface area contributed by atoms with Crippen molar-refractivity contribution in [2.24, 2.45) is 11.7 Å². The molecule has 1 aliphatic heterocycles. The Balaban J connectivity index is 2.03. The number of esters is 1. The summed E-state index contributed by atoms with van der Waals surface area (Å²) in [6.45, 7) is 3.34. The molecule has 6 atom stereocenters. The maximum absolute atomic E-state index is 11.9. The number of H-pyrrole nitrogens is 1. The summed E-state index contributed by atoms with van der Waals surface area (Å²) in [6.07, 6.45) is -3.79. The van der Waals surface area contributed by atoms with Crippen LogP contribution in [0.4, 0.5) is 0 Å². The highest BCUT2D eigenvalue weighted by molar-refractivity contribution is 5.75. The summed E-state index contributed by atoms with van der Waals surface area (Å²) >= 11 is 0. The van der Waals surface area contributed by atoms with Crippen molar-refractivity contribution in [2.45, 2.75) is 50.8 Å². The summed E-state index contributed by atoms with van der Waals surface area (Å²) in [7, 11) is 0. The van der Waals surface area contributed by atoms with Crippen molar-refractivity contribution >= 4 is 5.97 Å². The van der Waals surface area contributed by atoms with E-state index in [2.05, 4.69) is 5.10 Å². The minimum absolute atomic E-state index is 0.0795. The van der Waals surface area contributed by atoms with Crippen LogP contribution in [0.3, 0.4) is 0 Å². The monoisotopic (exact) mass is 358 g/mol. The third kappa shape index (κ3) is 4.12. The fourth-order valence-corrected chi connectivity index (χ4v) is 2.36. The second-order valence-corrected chi connectivity index (χ2v) is 5.97. The van der Waals surface area contributed by atoms with Crippen molar-refractivity contribution in [3.05, 3.63) is 27.0 Å². The van der Waals surface area contributed by atoms with Gasteiger partial charge in [0.15, 0.2) is 6.23 Å². The lowest BCUT2D eigenvalue weighted by atomic mass is 10.0. The largest absolute Gasteiger partial charge is 0.462 e. The fraction of sp³-hybridized carbons (Fsp3) is 0.714. The molecule has 1 aromatic heterocycles. The van der Waals surface area contributed by atoms with Gasteiger partial charge in [-0.1, -0.05) is 20.3 Å². The summed E-state index contributed by atoms with van der Waals surface area (Å²) in [5.74, 6) is -0.730. The van der Waals surface area contributed by atoms with Crippen molar-refractivity contribution in [3.8, 4) is 0 Å². The van der Waals surface area contributed by atoms with Gasteiger partial charge in [-0.2, -0.15) is 9.78 Å². The molecule has 5 N–H and O–H groups in total. The Kier molecular flexibility index (Phi) is 6.06. The van der Waals surface area contributed by atoms with E-state index in [0.29, 0.717) is 11.1 Å². The van der Waals surface area contributed by atoms with Crippen LogP contribution in [0.5, 0.6) is 0 Å². The van der Waals surface area contributed by atoms with Crippen LogP contribution in [0.2, 0.25) is 0 Å². The lowest BCUT2D eigenvalue weighted by molar-refractivity contribution is -0.153. The van der Waals surface area contributed by atoms with Crippen molar-refractivity contribution in [1.82, 2.24) is 14.8 Å².